The summed E-state index contributed by atoms with van der Waals surface area (Å²) in [4.78, 5) is 23.9. The van der Waals surface area contributed by atoms with E-state index in [1.54, 1.807) is 12.3 Å². The number of thiazole rings is 1. The maximum atomic E-state index is 11.0. The summed E-state index contributed by atoms with van der Waals surface area (Å²) < 4.78 is 0. The smallest absolute Gasteiger partial charge is 0.304 e. The number of aromatic amines is 1. The Morgan fingerprint density at radius 1 is 1.52 bits per heavy atom. The molecule has 0 radical (unpaired) electrons. The fraction of sp³-hybridized carbons (Fsp3) is 0.231. The predicted molar refractivity (Wildman–Crippen MR) is 79.7 cm³/mol. The molecule has 21 heavy (non-hydrogen) atoms. The summed E-state index contributed by atoms with van der Waals surface area (Å²) in [6, 6.07) is 4.69. The van der Waals surface area contributed by atoms with E-state index in [0.717, 1.165) is 17.0 Å². The third-order valence-corrected chi connectivity index (χ3v) is 3.66. The van der Waals surface area contributed by atoms with Crippen molar-refractivity contribution < 1.29 is 4.92 Å². The molecule has 0 aliphatic rings. The number of hydrogen-bond donors (Lipinski definition) is 2. The first-order valence-corrected chi connectivity index (χ1v) is 6.99. The monoisotopic (exact) mass is 304 g/mol. The lowest BCUT2D eigenvalue weighted by molar-refractivity contribution is -0.385. The molecule has 0 spiro atoms. The van der Waals surface area contributed by atoms with Crippen LogP contribution in [0.25, 0.3) is 0 Å². The molecule has 2 aromatic rings. The van der Waals surface area contributed by atoms with Crippen LogP contribution in [0.2, 0.25) is 0 Å². The van der Waals surface area contributed by atoms with E-state index in [4.69, 9.17) is 5.26 Å². The van der Waals surface area contributed by atoms with Crippen molar-refractivity contribution in [2.45, 2.75) is 13.3 Å². The minimum Gasteiger partial charge on any atom is -0.384 e. The lowest BCUT2D eigenvalue weighted by atomic mass is 10.1. The minimum absolute atomic E-state index is 0.0250. The zero-order valence-electron chi connectivity index (χ0n) is 11.2. The molecule has 0 unspecified atom stereocenters. The van der Waals surface area contributed by atoms with Gasteiger partial charge in [0.15, 0.2) is 0 Å². The fourth-order valence-electron chi connectivity index (χ4n) is 1.89. The molecule has 2 rings (SSSR count). The van der Waals surface area contributed by atoms with Crippen molar-refractivity contribution in [1.29, 1.82) is 5.26 Å². The van der Waals surface area contributed by atoms with Crippen LogP contribution >= 0.6 is 11.3 Å². The molecule has 0 amide bonds. The van der Waals surface area contributed by atoms with Crippen LogP contribution in [0.15, 0.2) is 22.3 Å². The Morgan fingerprint density at radius 3 is 2.86 bits per heavy atom. The fourth-order valence-corrected chi connectivity index (χ4v) is 2.51. The number of nitro groups is 1. The second kappa shape index (κ2) is 6.19. The van der Waals surface area contributed by atoms with Gasteiger partial charge in [0.1, 0.15) is 11.6 Å². The van der Waals surface area contributed by atoms with E-state index in [2.05, 4.69) is 10.3 Å². The molecular weight excluding hydrogens is 292 g/mol. The second-order valence-corrected chi connectivity index (χ2v) is 5.25. The van der Waals surface area contributed by atoms with Gasteiger partial charge in [0.2, 0.25) is 0 Å². The molecule has 0 saturated carbocycles. The second-order valence-electron chi connectivity index (χ2n) is 4.40. The summed E-state index contributed by atoms with van der Waals surface area (Å²) in [5, 5.41) is 24.7. The van der Waals surface area contributed by atoms with Crippen LogP contribution in [0.4, 0.5) is 11.4 Å². The molecule has 0 aliphatic carbocycles. The Morgan fingerprint density at radius 2 is 2.29 bits per heavy atom. The van der Waals surface area contributed by atoms with Crippen molar-refractivity contribution in [3.05, 3.63) is 54.1 Å². The summed E-state index contributed by atoms with van der Waals surface area (Å²) in [5.41, 5.74) is 2.03. The van der Waals surface area contributed by atoms with Crippen molar-refractivity contribution in [3.63, 3.8) is 0 Å². The van der Waals surface area contributed by atoms with Gasteiger partial charge in [0.25, 0.3) is 5.69 Å². The number of rotatable bonds is 5. The molecule has 8 heteroatoms. The van der Waals surface area contributed by atoms with Crippen molar-refractivity contribution in [2.24, 2.45) is 0 Å². The first-order chi connectivity index (χ1) is 10.0. The molecule has 0 fully saturated rings. The van der Waals surface area contributed by atoms with Gasteiger partial charge in [-0.05, 0) is 18.6 Å². The first kappa shape index (κ1) is 14.7. The Kier molecular flexibility index (Phi) is 4.35. The van der Waals surface area contributed by atoms with Gasteiger partial charge >= 0.3 is 4.87 Å². The summed E-state index contributed by atoms with van der Waals surface area (Å²) in [6.45, 7) is 2.29. The Hall–Kier alpha value is -2.66. The van der Waals surface area contributed by atoms with E-state index in [-0.39, 0.29) is 16.1 Å². The third-order valence-electron chi connectivity index (χ3n) is 2.94. The quantitative estimate of drug-likeness (QED) is 0.649. The number of hydrogen-bond acceptors (Lipinski definition) is 6. The predicted octanol–water partition coefficient (Wildman–Crippen LogP) is 2.18. The van der Waals surface area contributed by atoms with E-state index < -0.39 is 4.92 Å². The molecule has 0 aliphatic heterocycles. The van der Waals surface area contributed by atoms with Crippen LogP contribution in [-0.4, -0.2) is 16.5 Å². The maximum absolute atomic E-state index is 11.0. The molecule has 0 bridgehead atoms. The van der Waals surface area contributed by atoms with Gasteiger partial charge in [-0.25, -0.2) is 0 Å². The SMILES string of the molecule is Cc1cc([N+](=O)[O-])c(C#N)cc1NCCc1csc(=O)[nH]1. The van der Waals surface area contributed by atoms with Gasteiger partial charge in [0.05, 0.1) is 4.92 Å². The van der Waals surface area contributed by atoms with Crippen LogP contribution in [0.3, 0.4) is 0 Å². The Balaban J connectivity index is 2.11. The van der Waals surface area contributed by atoms with E-state index in [9.17, 15) is 14.9 Å². The number of H-pyrrole nitrogens is 1. The molecule has 0 atom stereocenters. The molecule has 0 saturated heterocycles. The molecule has 108 valence electrons. The Labute approximate surface area is 124 Å². The van der Waals surface area contributed by atoms with Crippen molar-refractivity contribution in [1.82, 2.24) is 4.98 Å². The molecule has 7 nitrogen and oxygen atoms in total. The average Bonchev–Trinajstić information content (AvgIpc) is 2.85. The largest absolute Gasteiger partial charge is 0.384 e. The highest BCUT2D eigenvalue weighted by Gasteiger charge is 2.16. The average molecular weight is 304 g/mol. The zero-order chi connectivity index (χ0) is 15.4. The molecule has 1 aromatic carbocycles. The maximum Gasteiger partial charge on any atom is 0.304 e. The first-order valence-electron chi connectivity index (χ1n) is 6.11. The van der Waals surface area contributed by atoms with Crippen molar-refractivity contribution in [2.75, 3.05) is 11.9 Å². The van der Waals surface area contributed by atoms with Gasteiger partial charge < -0.3 is 10.3 Å². The molecular formula is C13H12N4O3S. The lowest BCUT2D eigenvalue weighted by Crippen LogP contribution is -2.08. The number of benzene rings is 1. The molecule has 2 N–H and O–H groups in total. The number of nitro benzene ring substituents is 1. The van der Waals surface area contributed by atoms with Crippen molar-refractivity contribution in [3.8, 4) is 6.07 Å². The Bertz CT molecular complexity index is 772. The number of aromatic nitrogens is 1. The van der Waals surface area contributed by atoms with Crippen molar-refractivity contribution >= 4 is 22.7 Å². The number of nitrogens with one attached hydrogen (secondary N) is 2. The summed E-state index contributed by atoms with van der Waals surface area (Å²) >= 11 is 1.11. The number of nitriles is 1. The highest BCUT2D eigenvalue weighted by Crippen LogP contribution is 2.26. The lowest BCUT2D eigenvalue weighted by Gasteiger charge is -2.09. The van der Waals surface area contributed by atoms with Crippen LogP contribution in [0.1, 0.15) is 16.8 Å². The van der Waals surface area contributed by atoms with Gasteiger partial charge in [-0.3, -0.25) is 14.9 Å². The van der Waals surface area contributed by atoms with Crippen LogP contribution < -0.4 is 10.2 Å². The van der Waals surface area contributed by atoms with Gasteiger partial charge in [-0.1, -0.05) is 11.3 Å². The van der Waals surface area contributed by atoms with Gasteiger partial charge in [-0.2, -0.15) is 5.26 Å². The van der Waals surface area contributed by atoms with E-state index >= 15 is 0 Å². The summed E-state index contributed by atoms with van der Waals surface area (Å²) in [7, 11) is 0. The molecule has 1 heterocycles. The number of aryl methyl sites for hydroxylation is 1. The number of nitrogens with zero attached hydrogens (tertiary/aromatic N) is 2. The number of anilines is 1. The highest BCUT2D eigenvalue weighted by molar-refractivity contribution is 7.07. The van der Waals surface area contributed by atoms with Crippen LogP contribution in [-0.2, 0) is 6.42 Å². The highest BCUT2D eigenvalue weighted by atomic mass is 32.1. The standard InChI is InChI=1S/C13H12N4O3S/c1-8-4-12(17(19)20)9(6-14)5-11(8)15-3-2-10-7-21-13(18)16-10/h4-5,7,15H,2-3H2,1H3,(H,16,18). The summed E-state index contributed by atoms with van der Waals surface area (Å²) in [6.07, 6.45) is 0.622. The van der Waals surface area contributed by atoms with Gasteiger partial charge in [-0.15, -0.1) is 0 Å². The normalized spacial score (nSPS) is 10.1. The summed E-state index contributed by atoms with van der Waals surface area (Å²) in [5.74, 6) is 0. The van der Waals surface area contributed by atoms with E-state index in [1.807, 2.05) is 6.07 Å². The van der Waals surface area contributed by atoms with E-state index in [1.165, 1.54) is 12.1 Å². The van der Waals surface area contributed by atoms with Crippen LogP contribution in [0, 0.1) is 28.4 Å². The zero-order valence-corrected chi connectivity index (χ0v) is 12.0. The minimum atomic E-state index is -0.564. The van der Waals surface area contributed by atoms with E-state index in [0.29, 0.717) is 24.2 Å². The topological polar surface area (TPSA) is 112 Å². The van der Waals surface area contributed by atoms with Crippen LogP contribution in [0.5, 0.6) is 0 Å². The third kappa shape index (κ3) is 3.46. The van der Waals surface area contributed by atoms with Gasteiger partial charge in [0, 0.05) is 35.8 Å². The molecule has 1 aromatic heterocycles.